The Balaban J connectivity index is 1.64. The number of hydrogen-bond donors (Lipinski definition) is 1. The van der Waals surface area contributed by atoms with Crippen molar-refractivity contribution in [3.8, 4) is 0 Å². The number of nitrogens with zero attached hydrogens (tertiary/aromatic N) is 1. The summed E-state index contributed by atoms with van der Waals surface area (Å²) < 4.78 is 14.8. The molecule has 1 fully saturated rings. The van der Waals surface area contributed by atoms with E-state index in [1.54, 1.807) is 23.1 Å². The summed E-state index contributed by atoms with van der Waals surface area (Å²) in [6.45, 7) is -0.0215. The summed E-state index contributed by atoms with van der Waals surface area (Å²) in [6.07, 6.45) is 1.76. The minimum Gasteiger partial charge on any atom is -0.342 e. The van der Waals surface area contributed by atoms with Gasteiger partial charge in [-0.05, 0) is 53.0 Å². The van der Waals surface area contributed by atoms with E-state index in [4.69, 9.17) is 11.6 Å². The van der Waals surface area contributed by atoms with Gasteiger partial charge in [-0.2, -0.15) is 0 Å². The lowest BCUT2D eigenvalue weighted by atomic mass is 10.2. The molecular formula is C17H15BrClFN2O2S. The molecule has 0 saturated heterocycles. The van der Waals surface area contributed by atoms with Gasteiger partial charge in [0, 0.05) is 16.6 Å². The second-order valence-corrected chi connectivity index (χ2v) is 8.61. The minimum atomic E-state index is -0.432. The molecule has 1 aliphatic carbocycles. The molecule has 0 atom stereocenters. The van der Waals surface area contributed by atoms with Crippen molar-refractivity contribution in [1.82, 2.24) is 10.2 Å². The van der Waals surface area contributed by atoms with Gasteiger partial charge >= 0.3 is 0 Å². The van der Waals surface area contributed by atoms with E-state index in [0.717, 1.165) is 16.6 Å². The van der Waals surface area contributed by atoms with Crippen molar-refractivity contribution >= 4 is 50.7 Å². The lowest BCUT2D eigenvalue weighted by molar-refractivity contribution is -0.131. The maximum atomic E-state index is 14.0. The molecule has 2 aromatic rings. The molecule has 1 saturated carbocycles. The standard InChI is InChI=1S/C17H15BrClFN2O2S/c18-15-7-6-14(25-15)17(24)21-8-16(23)22(10-4-5-10)9-11-12(19)2-1-3-13(11)20/h1-3,6-7,10H,4-5,8-9H2,(H,21,24). The van der Waals surface area contributed by atoms with Gasteiger partial charge in [0.2, 0.25) is 5.91 Å². The van der Waals surface area contributed by atoms with Crippen LogP contribution in [0.15, 0.2) is 34.1 Å². The lowest BCUT2D eigenvalue weighted by Crippen LogP contribution is -2.41. The highest BCUT2D eigenvalue weighted by Crippen LogP contribution is 2.30. The average Bonchev–Trinajstić information content (AvgIpc) is 3.32. The molecule has 1 aromatic heterocycles. The largest absolute Gasteiger partial charge is 0.342 e. The second-order valence-electron chi connectivity index (χ2n) is 5.74. The summed E-state index contributed by atoms with van der Waals surface area (Å²) in [7, 11) is 0. The summed E-state index contributed by atoms with van der Waals surface area (Å²) in [4.78, 5) is 26.7. The third-order valence-electron chi connectivity index (χ3n) is 3.90. The van der Waals surface area contributed by atoms with Crippen molar-refractivity contribution in [3.05, 3.63) is 55.4 Å². The number of benzene rings is 1. The molecule has 132 valence electrons. The Morgan fingerprint density at radius 3 is 2.68 bits per heavy atom. The SMILES string of the molecule is O=C(NCC(=O)N(Cc1c(F)cccc1Cl)C1CC1)c1ccc(Br)s1. The van der Waals surface area contributed by atoms with E-state index in [-0.39, 0.29) is 30.9 Å². The number of carbonyl (C=O) groups excluding carboxylic acids is 2. The summed E-state index contributed by atoms with van der Waals surface area (Å²) in [5, 5.41) is 2.92. The highest BCUT2D eigenvalue weighted by molar-refractivity contribution is 9.11. The highest BCUT2D eigenvalue weighted by atomic mass is 79.9. The van der Waals surface area contributed by atoms with Crippen molar-refractivity contribution in [3.63, 3.8) is 0 Å². The first-order valence-corrected chi connectivity index (χ1v) is 9.70. The smallest absolute Gasteiger partial charge is 0.261 e. The number of amides is 2. The predicted octanol–water partition coefficient (Wildman–Crippen LogP) is 4.22. The molecule has 3 rings (SSSR count). The van der Waals surface area contributed by atoms with Crippen molar-refractivity contribution in [2.75, 3.05) is 6.54 Å². The van der Waals surface area contributed by atoms with Crippen LogP contribution in [0.25, 0.3) is 0 Å². The second kappa shape index (κ2) is 7.85. The molecule has 0 unspecified atom stereocenters. The first kappa shape index (κ1) is 18.4. The maximum absolute atomic E-state index is 14.0. The fourth-order valence-electron chi connectivity index (χ4n) is 2.44. The van der Waals surface area contributed by atoms with Crippen molar-refractivity contribution < 1.29 is 14.0 Å². The van der Waals surface area contributed by atoms with Crippen LogP contribution in [0, 0.1) is 5.82 Å². The Kier molecular flexibility index (Phi) is 5.76. The zero-order chi connectivity index (χ0) is 18.0. The summed E-state index contributed by atoms with van der Waals surface area (Å²) in [5.74, 6) is -0.979. The van der Waals surface area contributed by atoms with Gasteiger partial charge in [0.15, 0.2) is 0 Å². The molecule has 4 nitrogen and oxygen atoms in total. The van der Waals surface area contributed by atoms with E-state index >= 15 is 0 Å². The molecule has 0 spiro atoms. The summed E-state index contributed by atoms with van der Waals surface area (Å²) in [5.41, 5.74) is 0.304. The Morgan fingerprint density at radius 1 is 1.32 bits per heavy atom. The Morgan fingerprint density at radius 2 is 2.08 bits per heavy atom. The summed E-state index contributed by atoms with van der Waals surface area (Å²) >= 11 is 10.7. The summed E-state index contributed by atoms with van der Waals surface area (Å²) in [6, 6.07) is 8.00. The van der Waals surface area contributed by atoms with Crippen molar-refractivity contribution in [2.45, 2.75) is 25.4 Å². The van der Waals surface area contributed by atoms with Gasteiger partial charge < -0.3 is 10.2 Å². The number of nitrogens with one attached hydrogen (secondary N) is 1. The fraction of sp³-hybridized carbons (Fsp3) is 0.294. The van der Waals surface area contributed by atoms with E-state index < -0.39 is 5.82 Å². The van der Waals surface area contributed by atoms with E-state index in [1.165, 1.54) is 23.5 Å². The van der Waals surface area contributed by atoms with Gasteiger partial charge in [0.25, 0.3) is 5.91 Å². The van der Waals surface area contributed by atoms with Gasteiger partial charge in [0.1, 0.15) is 5.82 Å². The van der Waals surface area contributed by atoms with Gasteiger partial charge in [0.05, 0.1) is 21.8 Å². The number of hydrogen-bond acceptors (Lipinski definition) is 3. The van der Waals surface area contributed by atoms with Gasteiger partial charge in [-0.15, -0.1) is 11.3 Å². The van der Waals surface area contributed by atoms with Gasteiger partial charge in [-0.1, -0.05) is 17.7 Å². The van der Waals surface area contributed by atoms with Crippen LogP contribution in [0.4, 0.5) is 4.39 Å². The van der Waals surface area contributed by atoms with Crippen LogP contribution in [0.1, 0.15) is 28.1 Å². The third kappa shape index (κ3) is 4.59. The van der Waals surface area contributed by atoms with Crippen LogP contribution >= 0.6 is 38.9 Å². The third-order valence-corrected chi connectivity index (χ3v) is 5.87. The predicted molar refractivity (Wildman–Crippen MR) is 99.3 cm³/mol. The number of carbonyl (C=O) groups is 2. The molecule has 8 heteroatoms. The number of halogens is 3. The van der Waals surface area contributed by atoms with Crippen LogP contribution < -0.4 is 5.32 Å². The molecule has 0 radical (unpaired) electrons. The van der Waals surface area contributed by atoms with Crippen LogP contribution in [0.2, 0.25) is 5.02 Å². The molecule has 25 heavy (non-hydrogen) atoms. The van der Waals surface area contributed by atoms with E-state index in [0.29, 0.717) is 15.5 Å². The van der Waals surface area contributed by atoms with Crippen molar-refractivity contribution in [2.24, 2.45) is 0 Å². The monoisotopic (exact) mass is 444 g/mol. The number of rotatable bonds is 6. The zero-order valence-electron chi connectivity index (χ0n) is 13.1. The van der Waals surface area contributed by atoms with Crippen molar-refractivity contribution in [1.29, 1.82) is 0 Å². The average molecular weight is 446 g/mol. The first-order valence-electron chi connectivity index (χ1n) is 7.71. The Labute approximate surface area is 162 Å². The Bertz CT molecular complexity index is 789. The van der Waals surface area contributed by atoms with Gasteiger partial charge in [-0.25, -0.2) is 4.39 Å². The van der Waals surface area contributed by atoms with E-state index in [1.807, 2.05) is 0 Å². The molecular weight excluding hydrogens is 431 g/mol. The normalized spacial score (nSPS) is 13.6. The molecule has 1 N–H and O–H groups in total. The van der Waals surface area contributed by atoms with Crippen LogP contribution in [-0.4, -0.2) is 29.3 Å². The molecule has 0 aliphatic heterocycles. The van der Waals surface area contributed by atoms with Crippen LogP contribution in [0.3, 0.4) is 0 Å². The molecule has 2 amide bonds. The minimum absolute atomic E-state index is 0.0796. The fourth-order valence-corrected chi connectivity index (χ4v) is 3.97. The first-order chi connectivity index (χ1) is 12.0. The topological polar surface area (TPSA) is 49.4 Å². The van der Waals surface area contributed by atoms with Crippen LogP contribution in [-0.2, 0) is 11.3 Å². The molecule has 1 aliphatic rings. The number of thiophene rings is 1. The van der Waals surface area contributed by atoms with E-state index in [2.05, 4.69) is 21.2 Å². The van der Waals surface area contributed by atoms with E-state index in [9.17, 15) is 14.0 Å². The maximum Gasteiger partial charge on any atom is 0.261 e. The zero-order valence-corrected chi connectivity index (χ0v) is 16.3. The molecule has 1 aromatic carbocycles. The van der Waals surface area contributed by atoms with Crippen LogP contribution in [0.5, 0.6) is 0 Å². The Hall–Kier alpha value is -1.44. The highest BCUT2D eigenvalue weighted by Gasteiger charge is 2.33. The molecule has 0 bridgehead atoms. The quantitative estimate of drug-likeness (QED) is 0.723. The van der Waals surface area contributed by atoms with Gasteiger partial charge in [-0.3, -0.25) is 9.59 Å². The molecule has 1 heterocycles. The lowest BCUT2D eigenvalue weighted by Gasteiger charge is -2.23.